The number of amides is 1. The lowest BCUT2D eigenvalue weighted by atomic mass is 10.3. The molecule has 0 saturated carbocycles. The van der Waals surface area contributed by atoms with E-state index in [0.717, 1.165) is 24.6 Å². The summed E-state index contributed by atoms with van der Waals surface area (Å²) >= 11 is 3.13. The smallest absolute Gasteiger partial charge is 0.264 e. The molecule has 146 valence electrons. The first kappa shape index (κ1) is 19.8. The number of methoxy groups -OCH3 is 1. The molecule has 0 spiro atoms. The molecule has 3 rings (SSSR count). The lowest BCUT2D eigenvalue weighted by Crippen LogP contribution is -2.32. The van der Waals surface area contributed by atoms with Gasteiger partial charge in [-0.1, -0.05) is 11.3 Å². The predicted octanol–water partition coefficient (Wildman–Crippen LogP) is 1.20. The maximum Gasteiger partial charge on any atom is 0.264 e. The fourth-order valence-electron chi connectivity index (χ4n) is 2.39. The minimum absolute atomic E-state index is 0.000403. The van der Waals surface area contributed by atoms with Gasteiger partial charge in [0.25, 0.3) is 5.91 Å². The van der Waals surface area contributed by atoms with Crippen molar-refractivity contribution in [3.8, 4) is 5.75 Å². The Bertz CT molecular complexity index is 819. The molecule has 0 atom stereocenters. The number of hydrogen-bond acceptors (Lipinski definition) is 10. The van der Waals surface area contributed by atoms with Crippen molar-refractivity contribution in [1.29, 1.82) is 0 Å². The van der Waals surface area contributed by atoms with Crippen LogP contribution in [0.2, 0.25) is 0 Å². The zero-order valence-electron chi connectivity index (χ0n) is 14.8. The van der Waals surface area contributed by atoms with E-state index in [9.17, 15) is 9.59 Å². The van der Waals surface area contributed by atoms with E-state index < -0.39 is 5.91 Å². The molecular formula is C16H20N4O5S2. The summed E-state index contributed by atoms with van der Waals surface area (Å²) in [4.78, 5) is 26.3. The molecule has 1 aliphatic heterocycles. The summed E-state index contributed by atoms with van der Waals surface area (Å²) in [6.07, 6.45) is 1.26. The van der Waals surface area contributed by atoms with Crippen molar-refractivity contribution in [3.05, 3.63) is 33.3 Å². The van der Waals surface area contributed by atoms with E-state index in [4.69, 9.17) is 13.9 Å². The van der Waals surface area contributed by atoms with E-state index in [0.29, 0.717) is 29.1 Å². The van der Waals surface area contributed by atoms with Gasteiger partial charge in [0.05, 0.1) is 6.54 Å². The van der Waals surface area contributed by atoms with Gasteiger partial charge in [0.15, 0.2) is 6.61 Å². The molecule has 2 aromatic heterocycles. The highest BCUT2D eigenvalue weighted by molar-refractivity contribution is 7.99. The van der Waals surface area contributed by atoms with Crippen LogP contribution in [0.4, 0.5) is 5.13 Å². The molecule has 1 amide bonds. The zero-order valence-corrected chi connectivity index (χ0v) is 16.4. The fourth-order valence-corrected chi connectivity index (χ4v) is 4.10. The number of carbonyl (C=O) groups is 1. The van der Waals surface area contributed by atoms with Gasteiger partial charge in [-0.3, -0.25) is 19.8 Å². The average molecular weight is 412 g/mol. The summed E-state index contributed by atoms with van der Waals surface area (Å²) in [7, 11) is 1.55. The van der Waals surface area contributed by atoms with Crippen LogP contribution in [-0.4, -0.2) is 59.3 Å². The van der Waals surface area contributed by atoms with E-state index in [-0.39, 0.29) is 17.8 Å². The van der Waals surface area contributed by atoms with Crippen LogP contribution >= 0.6 is 23.1 Å². The summed E-state index contributed by atoms with van der Waals surface area (Å²) in [6.45, 7) is 2.55. The number of anilines is 1. The number of nitrogens with zero attached hydrogens (tertiary/aromatic N) is 3. The quantitative estimate of drug-likeness (QED) is 0.684. The number of aromatic nitrogens is 2. The van der Waals surface area contributed by atoms with Gasteiger partial charge in [-0.2, -0.15) is 11.8 Å². The Morgan fingerprint density at radius 3 is 2.93 bits per heavy atom. The van der Waals surface area contributed by atoms with Crippen molar-refractivity contribution < 1.29 is 18.7 Å². The van der Waals surface area contributed by atoms with Gasteiger partial charge >= 0.3 is 0 Å². The number of ether oxygens (including phenoxy) is 2. The number of hydrogen-bond donors (Lipinski definition) is 1. The van der Waals surface area contributed by atoms with E-state index in [1.807, 2.05) is 11.8 Å². The molecule has 1 aliphatic rings. The average Bonchev–Trinajstić information content (AvgIpc) is 3.09. The van der Waals surface area contributed by atoms with Crippen molar-refractivity contribution in [2.24, 2.45) is 0 Å². The van der Waals surface area contributed by atoms with Gasteiger partial charge < -0.3 is 13.9 Å². The highest BCUT2D eigenvalue weighted by Crippen LogP contribution is 2.16. The summed E-state index contributed by atoms with van der Waals surface area (Å²) in [5.74, 6) is 2.32. The SMILES string of the molecule is COCc1nnc(NC(=O)COc2coc(CN3CCSCC3)cc2=O)s1. The number of thioether (sulfide) groups is 1. The molecule has 0 radical (unpaired) electrons. The van der Waals surface area contributed by atoms with Crippen molar-refractivity contribution in [2.75, 3.05) is 43.6 Å². The Morgan fingerprint density at radius 1 is 1.37 bits per heavy atom. The minimum atomic E-state index is -0.440. The first-order valence-corrected chi connectivity index (χ1v) is 10.3. The molecule has 2 aromatic rings. The largest absolute Gasteiger partial charge is 0.477 e. The van der Waals surface area contributed by atoms with Crippen molar-refractivity contribution in [2.45, 2.75) is 13.2 Å². The van der Waals surface area contributed by atoms with Crippen molar-refractivity contribution in [1.82, 2.24) is 15.1 Å². The number of carbonyl (C=O) groups excluding carboxylic acids is 1. The Kier molecular flexibility index (Phi) is 7.21. The standard InChI is InChI=1S/C16H20N4O5S2/c1-23-10-15-18-19-16(27-15)17-14(22)9-25-13-8-24-11(6-12(13)21)7-20-2-4-26-5-3-20/h6,8H,2-5,7,9-10H2,1H3,(H,17,19,22). The number of nitrogens with one attached hydrogen (secondary N) is 1. The number of rotatable bonds is 8. The second-order valence-corrected chi connectivity index (χ2v) is 8.02. The van der Waals surface area contributed by atoms with Crippen LogP contribution in [0.25, 0.3) is 0 Å². The lowest BCUT2D eigenvalue weighted by molar-refractivity contribution is -0.118. The third-order valence-corrected chi connectivity index (χ3v) is 5.43. The maximum absolute atomic E-state index is 12.2. The van der Waals surface area contributed by atoms with Crippen LogP contribution in [0.15, 0.2) is 21.5 Å². The van der Waals surface area contributed by atoms with Crippen LogP contribution < -0.4 is 15.5 Å². The first-order chi connectivity index (χ1) is 13.1. The molecule has 0 aliphatic carbocycles. The first-order valence-electron chi connectivity index (χ1n) is 8.30. The summed E-state index contributed by atoms with van der Waals surface area (Å²) in [5, 5.41) is 11.3. The van der Waals surface area contributed by atoms with Crippen LogP contribution in [0.3, 0.4) is 0 Å². The molecule has 1 saturated heterocycles. The summed E-state index contributed by atoms with van der Waals surface area (Å²) in [5.41, 5.74) is -0.311. The van der Waals surface area contributed by atoms with Crippen LogP contribution in [0, 0.1) is 0 Å². The molecule has 0 bridgehead atoms. The molecular weight excluding hydrogens is 392 g/mol. The molecule has 27 heavy (non-hydrogen) atoms. The summed E-state index contributed by atoms with van der Waals surface area (Å²) < 4.78 is 15.7. The molecule has 1 fully saturated rings. The maximum atomic E-state index is 12.2. The van der Waals surface area contributed by atoms with Crippen molar-refractivity contribution in [3.63, 3.8) is 0 Å². The van der Waals surface area contributed by atoms with Crippen LogP contribution in [0.1, 0.15) is 10.8 Å². The van der Waals surface area contributed by atoms with Crippen LogP contribution in [0.5, 0.6) is 5.75 Å². The van der Waals surface area contributed by atoms with E-state index in [2.05, 4.69) is 20.4 Å². The molecule has 0 aromatic carbocycles. The Morgan fingerprint density at radius 2 is 2.19 bits per heavy atom. The van der Waals surface area contributed by atoms with Crippen LogP contribution in [-0.2, 0) is 22.7 Å². The van der Waals surface area contributed by atoms with Gasteiger partial charge in [0, 0.05) is 37.8 Å². The van der Waals surface area contributed by atoms with E-state index in [1.54, 1.807) is 7.11 Å². The lowest BCUT2D eigenvalue weighted by Gasteiger charge is -2.25. The summed E-state index contributed by atoms with van der Waals surface area (Å²) in [6, 6.07) is 1.41. The van der Waals surface area contributed by atoms with Gasteiger partial charge in [-0.15, -0.1) is 10.2 Å². The Labute approximate surface area is 164 Å². The van der Waals surface area contributed by atoms with Gasteiger partial charge in [0.2, 0.25) is 16.3 Å². The highest BCUT2D eigenvalue weighted by Gasteiger charge is 2.14. The second kappa shape index (κ2) is 9.83. The third kappa shape index (κ3) is 6.03. The zero-order chi connectivity index (χ0) is 19.1. The van der Waals surface area contributed by atoms with E-state index in [1.165, 1.54) is 23.7 Å². The Balaban J connectivity index is 1.49. The highest BCUT2D eigenvalue weighted by atomic mass is 32.2. The molecule has 11 heteroatoms. The fraction of sp³-hybridized carbons (Fsp3) is 0.500. The topological polar surface area (TPSA) is 107 Å². The monoisotopic (exact) mass is 412 g/mol. The van der Waals surface area contributed by atoms with Gasteiger partial charge in [0.1, 0.15) is 23.6 Å². The van der Waals surface area contributed by atoms with E-state index >= 15 is 0 Å². The Hall–Kier alpha value is -1.95. The minimum Gasteiger partial charge on any atom is -0.477 e. The normalized spacial score (nSPS) is 14.9. The molecule has 0 unspecified atom stereocenters. The molecule has 9 nitrogen and oxygen atoms in total. The second-order valence-electron chi connectivity index (χ2n) is 5.73. The molecule has 3 heterocycles. The third-order valence-electron chi connectivity index (χ3n) is 3.68. The van der Waals surface area contributed by atoms with Gasteiger partial charge in [-0.05, 0) is 0 Å². The predicted molar refractivity (Wildman–Crippen MR) is 102 cm³/mol. The van der Waals surface area contributed by atoms with Gasteiger partial charge in [-0.25, -0.2) is 0 Å². The van der Waals surface area contributed by atoms with Crippen molar-refractivity contribution >= 4 is 34.1 Å². The molecule has 1 N–H and O–H groups in total.